The van der Waals surface area contributed by atoms with E-state index in [9.17, 15) is 4.79 Å². The van der Waals surface area contributed by atoms with Crippen molar-refractivity contribution >= 4 is 5.97 Å². The Morgan fingerprint density at radius 2 is 1.00 bits per heavy atom. The van der Waals surface area contributed by atoms with Gasteiger partial charge in [-0.15, -0.1) is 0 Å². The van der Waals surface area contributed by atoms with Crippen molar-refractivity contribution in [3.63, 3.8) is 0 Å². The number of carboxylic acids is 1. The van der Waals surface area contributed by atoms with Crippen molar-refractivity contribution in [2.24, 2.45) is 0 Å². The van der Waals surface area contributed by atoms with E-state index in [1.165, 1.54) is 109 Å². The first-order valence-electron chi connectivity index (χ1n) is 11.5. The topological polar surface area (TPSA) is 60.8 Å². The molecule has 4 nitrogen and oxygen atoms in total. The fourth-order valence-corrected chi connectivity index (χ4v) is 3.07. The molecule has 0 aliphatic carbocycles. The highest BCUT2D eigenvalue weighted by Crippen LogP contribution is 2.13. The summed E-state index contributed by atoms with van der Waals surface area (Å²) in [4.78, 5) is 11.7. The smallest absolute Gasteiger partial charge is 0.305 e. The Kier molecular flexibility index (Phi) is 26.9. The molecule has 0 atom stereocenters. The average molecular weight is 388 g/mol. The standard InChI is InChI=1S/C20H43N.C3H6O3/c1-4-5-6-7-8-9-10-11-12-13-14-15-16-17-18-19-20-21(2)3;4-2-1-3(5)6/h4-20H2,1-3H3;4H,1-2H2,(H,5,6). The van der Waals surface area contributed by atoms with Crippen LogP contribution in [0.4, 0.5) is 0 Å². The van der Waals surface area contributed by atoms with Crippen molar-refractivity contribution in [2.75, 3.05) is 27.2 Å². The minimum atomic E-state index is -0.961. The van der Waals surface area contributed by atoms with Crippen molar-refractivity contribution in [3.05, 3.63) is 0 Å². The van der Waals surface area contributed by atoms with Gasteiger partial charge in [-0.3, -0.25) is 4.79 Å². The number of carboxylic acid groups (broad SMARTS) is 1. The molecule has 0 radical (unpaired) electrons. The summed E-state index contributed by atoms with van der Waals surface area (Å²) in [6.45, 7) is 3.29. The van der Waals surface area contributed by atoms with E-state index in [0.717, 1.165) is 0 Å². The van der Waals surface area contributed by atoms with Crippen molar-refractivity contribution in [1.29, 1.82) is 0 Å². The third-order valence-electron chi connectivity index (χ3n) is 4.78. The molecule has 0 bridgehead atoms. The summed E-state index contributed by atoms with van der Waals surface area (Å²) in [6.07, 6.45) is 23.2. The lowest BCUT2D eigenvalue weighted by Gasteiger charge is -2.08. The second-order valence-corrected chi connectivity index (χ2v) is 7.97. The van der Waals surface area contributed by atoms with Crippen LogP contribution in [0.2, 0.25) is 0 Å². The molecule has 164 valence electrons. The van der Waals surface area contributed by atoms with E-state index in [1.807, 2.05) is 0 Å². The highest BCUT2D eigenvalue weighted by atomic mass is 16.4. The Bertz CT molecular complexity index is 283. The molecule has 0 aromatic carbocycles. The predicted octanol–water partition coefficient (Wildman–Crippen LogP) is 6.26. The minimum Gasteiger partial charge on any atom is -0.481 e. The quantitative estimate of drug-likeness (QED) is 0.257. The van der Waals surface area contributed by atoms with Gasteiger partial charge in [-0.05, 0) is 27.1 Å². The third kappa shape index (κ3) is 33.4. The van der Waals surface area contributed by atoms with Crippen molar-refractivity contribution in [3.8, 4) is 0 Å². The number of aliphatic hydroxyl groups is 1. The Morgan fingerprint density at radius 3 is 1.22 bits per heavy atom. The fourth-order valence-electron chi connectivity index (χ4n) is 3.07. The van der Waals surface area contributed by atoms with E-state index in [2.05, 4.69) is 25.9 Å². The molecule has 0 aromatic rings. The number of unbranched alkanes of at least 4 members (excludes halogenated alkanes) is 15. The van der Waals surface area contributed by atoms with E-state index in [-0.39, 0.29) is 13.0 Å². The second-order valence-electron chi connectivity index (χ2n) is 7.97. The Balaban J connectivity index is 0. The molecule has 0 fully saturated rings. The molecule has 0 aromatic heterocycles. The number of aliphatic hydroxyl groups excluding tert-OH is 1. The fraction of sp³-hybridized carbons (Fsp3) is 0.957. The van der Waals surface area contributed by atoms with E-state index in [1.54, 1.807) is 0 Å². The summed E-state index contributed by atoms with van der Waals surface area (Å²) in [5, 5.41) is 15.6. The van der Waals surface area contributed by atoms with E-state index in [0.29, 0.717) is 0 Å². The van der Waals surface area contributed by atoms with Gasteiger partial charge in [-0.2, -0.15) is 0 Å². The highest BCUT2D eigenvalue weighted by molar-refractivity contribution is 5.66. The van der Waals surface area contributed by atoms with Gasteiger partial charge in [-0.25, -0.2) is 0 Å². The van der Waals surface area contributed by atoms with Crippen LogP contribution in [0.3, 0.4) is 0 Å². The molecule has 27 heavy (non-hydrogen) atoms. The van der Waals surface area contributed by atoms with Gasteiger partial charge in [-0.1, -0.05) is 103 Å². The van der Waals surface area contributed by atoms with Crippen molar-refractivity contribution < 1.29 is 15.0 Å². The molecule has 0 saturated carbocycles. The van der Waals surface area contributed by atoms with Gasteiger partial charge in [0.05, 0.1) is 13.0 Å². The van der Waals surface area contributed by atoms with Crippen LogP contribution >= 0.6 is 0 Å². The summed E-state index contributed by atoms with van der Waals surface area (Å²) in [5.74, 6) is -0.961. The molecule has 0 saturated heterocycles. The molecule has 0 unspecified atom stereocenters. The first kappa shape index (κ1) is 28.6. The van der Waals surface area contributed by atoms with Gasteiger partial charge in [0.15, 0.2) is 0 Å². The molecule has 2 N–H and O–H groups in total. The Labute approximate surface area is 169 Å². The summed E-state index contributed by atoms with van der Waals surface area (Å²) >= 11 is 0. The lowest BCUT2D eigenvalue weighted by Crippen LogP contribution is -2.12. The lowest BCUT2D eigenvalue weighted by atomic mass is 10.0. The van der Waals surface area contributed by atoms with E-state index < -0.39 is 5.97 Å². The van der Waals surface area contributed by atoms with Gasteiger partial charge in [0.1, 0.15) is 0 Å². The normalized spacial score (nSPS) is 10.7. The van der Waals surface area contributed by atoms with Crippen LogP contribution in [0, 0.1) is 0 Å². The average Bonchev–Trinajstić information content (AvgIpc) is 2.61. The predicted molar refractivity (Wildman–Crippen MR) is 117 cm³/mol. The molecule has 0 aliphatic heterocycles. The number of rotatable bonds is 19. The maximum absolute atomic E-state index is 9.44. The molecule has 4 heteroatoms. The van der Waals surface area contributed by atoms with Crippen LogP contribution in [0.5, 0.6) is 0 Å². The van der Waals surface area contributed by atoms with Gasteiger partial charge in [0.25, 0.3) is 0 Å². The van der Waals surface area contributed by atoms with E-state index in [4.69, 9.17) is 10.2 Å². The SMILES string of the molecule is CCCCCCCCCCCCCCCCCCN(C)C.O=C(O)CCO. The van der Waals surface area contributed by atoms with Crippen LogP contribution < -0.4 is 0 Å². The summed E-state index contributed by atoms with van der Waals surface area (Å²) in [7, 11) is 4.34. The van der Waals surface area contributed by atoms with Gasteiger partial charge >= 0.3 is 5.97 Å². The van der Waals surface area contributed by atoms with Crippen LogP contribution in [0.1, 0.15) is 116 Å². The Morgan fingerprint density at radius 1 is 0.667 bits per heavy atom. The zero-order valence-corrected chi connectivity index (χ0v) is 18.7. The molecular weight excluding hydrogens is 338 g/mol. The second kappa shape index (κ2) is 25.4. The summed E-state index contributed by atoms with van der Waals surface area (Å²) in [5.41, 5.74) is 0. The molecule has 0 rings (SSSR count). The Hall–Kier alpha value is -0.610. The number of carbonyl (C=O) groups is 1. The highest BCUT2D eigenvalue weighted by Gasteiger charge is 1.95. The first-order valence-corrected chi connectivity index (χ1v) is 11.5. The summed E-state index contributed by atoms with van der Waals surface area (Å²) in [6, 6.07) is 0. The minimum absolute atomic E-state index is 0.153. The zero-order chi connectivity index (χ0) is 20.6. The molecule has 0 aliphatic rings. The van der Waals surface area contributed by atoms with Gasteiger partial charge in [0, 0.05) is 0 Å². The zero-order valence-electron chi connectivity index (χ0n) is 18.7. The lowest BCUT2D eigenvalue weighted by molar-refractivity contribution is -0.137. The van der Waals surface area contributed by atoms with Crippen LogP contribution in [-0.4, -0.2) is 48.3 Å². The van der Waals surface area contributed by atoms with Gasteiger partial charge < -0.3 is 15.1 Å². The molecule has 0 heterocycles. The maximum atomic E-state index is 9.44. The number of aliphatic carboxylic acids is 1. The van der Waals surface area contributed by atoms with Gasteiger partial charge in [0.2, 0.25) is 0 Å². The summed E-state index contributed by atoms with van der Waals surface area (Å²) < 4.78 is 0. The third-order valence-corrected chi connectivity index (χ3v) is 4.78. The monoisotopic (exact) mass is 387 g/mol. The number of hydrogen-bond donors (Lipinski definition) is 2. The van der Waals surface area contributed by atoms with E-state index >= 15 is 0 Å². The first-order chi connectivity index (χ1) is 13.0. The maximum Gasteiger partial charge on any atom is 0.305 e. The van der Waals surface area contributed by atoms with Crippen LogP contribution in [-0.2, 0) is 4.79 Å². The van der Waals surface area contributed by atoms with Crippen LogP contribution in [0.25, 0.3) is 0 Å². The van der Waals surface area contributed by atoms with Crippen LogP contribution in [0.15, 0.2) is 0 Å². The number of hydrogen-bond acceptors (Lipinski definition) is 3. The van der Waals surface area contributed by atoms with Crippen molar-refractivity contribution in [1.82, 2.24) is 4.90 Å². The number of nitrogens with zero attached hydrogens (tertiary/aromatic N) is 1. The van der Waals surface area contributed by atoms with Crippen molar-refractivity contribution in [2.45, 2.75) is 116 Å². The molecule has 0 spiro atoms. The largest absolute Gasteiger partial charge is 0.481 e. The molecular formula is C23H49NO3. The molecule has 0 amide bonds.